The van der Waals surface area contributed by atoms with E-state index in [1.165, 1.54) is 11.1 Å². The topological polar surface area (TPSA) is 117 Å². The number of ether oxygens (including phenoxy) is 2. The molecule has 2 aromatic rings. The number of rotatable bonds is 7. The van der Waals surface area contributed by atoms with Crippen molar-refractivity contribution >= 4 is 23.6 Å². The molecule has 33 heavy (non-hydrogen) atoms. The Bertz CT molecular complexity index is 987. The number of hydrogen-bond acceptors (Lipinski definition) is 7. The van der Waals surface area contributed by atoms with Crippen molar-refractivity contribution in [1.82, 2.24) is 14.9 Å². The van der Waals surface area contributed by atoms with Gasteiger partial charge < -0.3 is 24.4 Å². The molecule has 0 radical (unpaired) electrons. The van der Waals surface area contributed by atoms with E-state index in [0.717, 1.165) is 30.9 Å². The average Bonchev–Trinajstić information content (AvgIpc) is 3.32. The number of piperidine rings is 1. The first-order valence-corrected chi connectivity index (χ1v) is 11.3. The van der Waals surface area contributed by atoms with E-state index < -0.39 is 11.9 Å². The molecule has 4 rings (SSSR count). The molecule has 0 saturated carbocycles. The molecule has 10 nitrogen and oxygen atoms in total. The first-order valence-electron chi connectivity index (χ1n) is 11.3. The first kappa shape index (κ1) is 22.6. The third-order valence-corrected chi connectivity index (χ3v) is 5.83. The zero-order valence-corrected chi connectivity index (χ0v) is 18.6. The van der Waals surface area contributed by atoms with E-state index in [1.54, 1.807) is 6.20 Å². The van der Waals surface area contributed by atoms with Gasteiger partial charge >= 0.3 is 12.0 Å². The number of likely N-dealkylation sites (tertiary alicyclic amines) is 1. The van der Waals surface area contributed by atoms with Gasteiger partial charge in [0.2, 0.25) is 0 Å². The maximum absolute atomic E-state index is 12.5. The van der Waals surface area contributed by atoms with Crippen molar-refractivity contribution in [3.05, 3.63) is 36.7 Å². The summed E-state index contributed by atoms with van der Waals surface area (Å²) in [5.41, 5.74) is 0. The summed E-state index contributed by atoms with van der Waals surface area (Å²) in [5, 5.41) is 11.9. The van der Waals surface area contributed by atoms with Gasteiger partial charge in [0.05, 0.1) is 31.5 Å². The quantitative estimate of drug-likeness (QED) is 0.655. The number of carboxylic acids is 1. The van der Waals surface area contributed by atoms with Crippen LogP contribution in [0.4, 0.5) is 16.4 Å². The molecule has 10 heteroatoms. The fraction of sp³-hybridized carbons (Fsp3) is 0.478. The molecule has 176 valence electrons. The Hall–Kier alpha value is -3.56. The zero-order chi connectivity index (χ0) is 23.2. The number of urea groups is 1. The van der Waals surface area contributed by atoms with E-state index in [1.807, 2.05) is 31.2 Å². The van der Waals surface area contributed by atoms with Gasteiger partial charge in [-0.3, -0.25) is 15.1 Å². The predicted octanol–water partition coefficient (Wildman–Crippen LogP) is 2.86. The van der Waals surface area contributed by atoms with Crippen molar-refractivity contribution in [3.63, 3.8) is 0 Å². The van der Waals surface area contributed by atoms with E-state index in [0.29, 0.717) is 37.8 Å². The number of nitrogens with zero attached hydrogens (tertiary/aromatic N) is 4. The molecule has 2 saturated heterocycles. The van der Waals surface area contributed by atoms with Crippen molar-refractivity contribution in [2.24, 2.45) is 5.92 Å². The number of anilines is 2. The lowest BCUT2D eigenvalue weighted by atomic mass is 10.1. The van der Waals surface area contributed by atoms with Crippen LogP contribution in [0.3, 0.4) is 0 Å². The number of carboxylic acid groups (broad SMARTS) is 1. The number of aromatic nitrogens is 2. The highest BCUT2D eigenvalue weighted by Crippen LogP contribution is 2.30. The second-order valence-electron chi connectivity index (χ2n) is 8.17. The van der Waals surface area contributed by atoms with Gasteiger partial charge in [0.1, 0.15) is 11.9 Å². The number of amides is 2. The molecular weight excluding hydrogens is 426 g/mol. The summed E-state index contributed by atoms with van der Waals surface area (Å²) in [6, 6.07) is 7.29. The van der Waals surface area contributed by atoms with Gasteiger partial charge in [0, 0.05) is 19.6 Å². The highest BCUT2D eigenvalue weighted by molar-refractivity contribution is 5.89. The molecule has 0 aliphatic carbocycles. The van der Waals surface area contributed by atoms with Crippen molar-refractivity contribution in [2.75, 3.05) is 43.0 Å². The third-order valence-electron chi connectivity index (χ3n) is 5.83. The van der Waals surface area contributed by atoms with E-state index in [-0.39, 0.29) is 18.7 Å². The standard InChI is InChI=1S/C23H29N5O5/c1-2-32-18-7-3-4-8-19(18)33-17-6-5-10-27(15-17)21-13-24-12-20(25-21)26-23(31)28-11-9-16(14-28)22(29)30/h3-4,7-8,12-13,16-17H,2,5-6,9-11,14-15H2,1H3,(H,29,30)(H,25,26,31)/t16?,17-/m1/s1. The minimum atomic E-state index is -0.877. The van der Waals surface area contributed by atoms with Gasteiger partial charge in [-0.1, -0.05) is 12.1 Å². The highest BCUT2D eigenvalue weighted by Gasteiger charge is 2.31. The van der Waals surface area contributed by atoms with Crippen LogP contribution in [0.1, 0.15) is 26.2 Å². The number of para-hydroxylation sites is 2. The molecule has 2 atom stereocenters. The van der Waals surface area contributed by atoms with Crippen molar-refractivity contribution < 1.29 is 24.2 Å². The summed E-state index contributed by atoms with van der Waals surface area (Å²) in [4.78, 5) is 36.0. The molecule has 3 heterocycles. The number of hydrogen-bond donors (Lipinski definition) is 2. The Morgan fingerprint density at radius 3 is 2.73 bits per heavy atom. The summed E-state index contributed by atoms with van der Waals surface area (Å²) in [6.07, 6.45) is 5.43. The molecule has 1 unspecified atom stereocenters. The van der Waals surface area contributed by atoms with Crippen LogP contribution in [0.5, 0.6) is 11.5 Å². The Labute approximate surface area is 192 Å². The van der Waals surface area contributed by atoms with Crippen LogP contribution in [0.25, 0.3) is 0 Å². The van der Waals surface area contributed by atoms with Crippen LogP contribution in [0, 0.1) is 5.92 Å². The van der Waals surface area contributed by atoms with E-state index in [9.17, 15) is 9.59 Å². The maximum Gasteiger partial charge on any atom is 0.323 e. The van der Waals surface area contributed by atoms with Crippen molar-refractivity contribution in [1.29, 1.82) is 0 Å². The predicted molar refractivity (Wildman–Crippen MR) is 122 cm³/mol. The fourth-order valence-electron chi connectivity index (χ4n) is 4.15. The molecule has 1 aromatic carbocycles. The molecule has 0 bridgehead atoms. The van der Waals surface area contributed by atoms with Gasteiger partial charge in [0.15, 0.2) is 17.3 Å². The maximum atomic E-state index is 12.5. The number of nitrogens with one attached hydrogen (secondary N) is 1. The van der Waals surface area contributed by atoms with Gasteiger partial charge in [-0.15, -0.1) is 0 Å². The first-order chi connectivity index (χ1) is 16.0. The number of carbonyl (C=O) groups excluding carboxylic acids is 1. The van der Waals surface area contributed by atoms with Crippen LogP contribution >= 0.6 is 0 Å². The number of benzene rings is 1. The van der Waals surface area contributed by atoms with Gasteiger partial charge in [-0.2, -0.15) is 0 Å². The summed E-state index contributed by atoms with van der Waals surface area (Å²) < 4.78 is 11.9. The average molecular weight is 456 g/mol. The van der Waals surface area contributed by atoms with E-state index >= 15 is 0 Å². The summed E-state index contributed by atoms with van der Waals surface area (Å²) in [6.45, 7) is 4.56. The van der Waals surface area contributed by atoms with Gasteiger partial charge in [-0.25, -0.2) is 9.78 Å². The summed E-state index contributed by atoms with van der Waals surface area (Å²) >= 11 is 0. The molecule has 0 spiro atoms. The van der Waals surface area contributed by atoms with E-state index in [4.69, 9.17) is 14.6 Å². The second-order valence-corrected chi connectivity index (χ2v) is 8.17. The Morgan fingerprint density at radius 1 is 1.15 bits per heavy atom. The van der Waals surface area contributed by atoms with Crippen molar-refractivity contribution in [2.45, 2.75) is 32.3 Å². The third kappa shape index (κ3) is 5.63. The molecule has 2 fully saturated rings. The van der Waals surface area contributed by atoms with Crippen LogP contribution in [0.15, 0.2) is 36.7 Å². The highest BCUT2D eigenvalue weighted by atomic mass is 16.5. The van der Waals surface area contributed by atoms with Gasteiger partial charge in [0.25, 0.3) is 0 Å². The fourth-order valence-corrected chi connectivity index (χ4v) is 4.15. The van der Waals surface area contributed by atoms with Gasteiger partial charge in [-0.05, 0) is 38.3 Å². The van der Waals surface area contributed by atoms with E-state index in [2.05, 4.69) is 20.2 Å². The Balaban J connectivity index is 1.38. The Kier molecular flexibility index (Phi) is 7.11. The lowest BCUT2D eigenvalue weighted by Crippen LogP contribution is -2.41. The molecule has 2 aliphatic heterocycles. The lowest BCUT2D eigenvalue weighted by Gasteiger charge is -2.33. The molecule has 2 amide bonds. The summed E-state index contributed by atoms with van der Waals surface area (Å²) in [7, 11) is 0. The lowest BCUT2D eigenvalue weighted by molar-refractivity contribution is -0.141. The normalized spacial score (nSPS) is 20.4. The molecule has 2 N–H and O–H groups in total. The minimum Gasteiger partial charge on any atom is -0.490 e. The number of carbonyl (C=O) groups is 2. The van der Waals surface area contributed by atoms with Crippen LogP contribution < -0.4 is 19.7 Å². The SMILES string of the molecule is CCOc1ccccc1O[C@@H]1CCCN(c2cncc(NC(=O)N3CCC(C(=O)O)C3)n2)C1. The molecule has 2 aliphatic rings. The molecule has 1 aromatic heterocycles. The summed E-state index contributed by atoms with van der Waals surface area (Å²) in [5.74, 6) is 1.05. The second kappa shape index (κ2) is 10.4. The number of aliphatic carboxylic acids is 1. The van der Waals surface area contributed by atoms with Crippen LogP contribution in [-0.2, 0) is 4.79 Å². The monoisotopic (exact) mass is 455 g/mol. The zero-order valence-electron chi connectivity index (χ0n) is 18.6. The van der Waals surface area contributed by atoms with Crippen LogP contribution in [-0.4, -0.2) is 70.9 Å². The van der Waals surface area contributed by atoms with Crippen LogP contribution in [0.2, 0.25) is 0 Å². The molecular formula is C23H29N5O5. The minimum absolute atomic E-state index is 0.0297. The van der Waals surface area contributed by atoms with Crippen molar-refractivity contribution in [3.8, 4) is 11.5 Å². The largest absolute Gasteiger partial charge is 0.490 e. The Morgan fingerprint density at radius 2 is 1.97 bits per heavy atom. The smallest absolute Gasteiger partial charge is 0.323 e.